The van der Waals surface area contributed by atoms with Gasteiger partial charge in [0.1, 0.15) is 11.8 Å². The highest BCUT2D eigenvalue weighted by molar-refractivity contribution is 5.90. The van der Waals surface area contributed by atoms with Gasteiger partial charge in [0.05, 0.1) is 19.8 Å². The number of carbonyl (C=O) groups excluding carboxylic acids is 1. The molecule has 9 nitrogen and oxygen atoms in total. The fourth-order valence-electron chi connectivity index (χ4n) is 4.43. The number of carbonyl (C=O) groups is 2. The average molecular weight is 431 g/mol. The smallest absolute Gasteiger partial charge is 0.325 e. The lowest BCUT2D eigenvalue weighted by atomic mass is 10.0. The molecule has 0 spiro atoms. The summed E-state index contributed by atoms with van der Waals surface area (Å²) in [6.07, 6.45) is 3.95. The number of aromatic nitrogens is 1. The predicted molar refractivity (Wildman–Crippen MR) is 115 cm³/mol. The van der Waals surface area contributed by atoms with Crippen molar-refractivity contribution in [2.75, 3.05) is 53.0 Å². The van der Waals surface area contributed by atoms with Gasteiger partial charge >= 0.3 is 5.97 Å². The van der Waals surface area contributed by atoms with Crippen LogP contribution in [0.1, 0.15) is 24.4 Å². The molecule has 1 aromatic heterocycles. The van der Waals surface area contributed by atoms with Gasteiger partial charge in [-0.3, -0.25) is 19.4 Å². The Morgan fingerprint density at radius 2 is 2.13 bits per heavy atom. The molecule has 0 unspecified atom stereocenters. The minimum atomic E-state index is -0.883. The number of H-pyrrole nitrogens is 1. The summed E-state index contributed by atoms with van der Waals surface area (Å²) < 4.78 is 10.8. The first-order chi connectivity index (χ1) is 15.0. The Morgan fingerprint density at radius 1 is 1.32 bits per heavy atom. The third kappa shape index (κ3) is 5.00. The number of aliphatic carboxylic acids is 1. The number of methoxy groups -OCH3 is 1. The Balaban J connectivity index is 1.36. The molecule has 2 aliphatic rings. The second-order valence-electron chi connectivity index (χ2n) is 8.15. The maximum Gasteiger partial charge on any atom is 0.325 e. The molecule has 0 saturated carbocycles. The van der Waals surface area contributed by atoms with Crippen molar-refractivity contribution in [2.45, 2.75) is 25.0 Å². The van der Waals surface area contributed by atoms with Gasteiger partial charge in [-0.05, 0) is 31.0 Å². The van der Waals surface area contributed by atoms with Gasteiger partial charge in [-0.1, -0.05) is 0 Å². The van der Waals surface area contributed by atoms with Crippen molar-refractivity contribution < 1.29 is 24.2 Å². The van der Waals surface area contributed by atoms with Crippen LogP contribution in [0.2, 0.25) is 0 Å². The van der Waals surface area contributed by atoms with E-state index < -0.39 is 12.0 Å². The molecule has 4 rings (SSSR count). The first kappa shape index (κ1) is 21.6. The zero-order chi connectivity index (χ0) is 21.8. The summed E-state index contributed by atoms with van der Waals surface area (Å²) in [4.78, 5) is 31.6. The van der Waals surface area contributed by atoms with Gasteiger partial charge in [-0.2, -0.15) is 0 Å². The number of carboxylic acid groups (broad SMARTS) is 1. The van der Waals surface area contributed by atoms with Crippen molar-refractivity contribution in [3.8, 4) is 5.75 Å². The van der Waals surface area contributed by atoms with Crippen LogP contribution in [0.5, 0.6) is 5.75 Å². The second kappa shape index (κ2) is 9.67. The van der Waals surface area contributed by atoms with E-state index in [1.165, 1.54) is 0 Å². The highest BCUT2D eigenvalue weighted by Gasteiger charge is 2.32. The van der Waals surface area contributed by atoms with E-state index in [2.05, 4.69) is 15.2 Å². The van der Waals surface area contributed by atoms with E-state index in [1.807, 2.05) is 23.1 Å². The fourth-order valence-corrected chi connectivity index (χ4v) is 4.43. The number of rotatable bonds is 8. The maximum absolute atomic E-state index is 12.3. The fraction of sp³-hybridized carbons (Fsp3) is 0.545. The van der Waals surface area contributed by atoms with E-state index in [1.54, 1.807) is 13.3 Å². The van der Waals surface area contributed by atoms with Crippen molar-refractivity contribution in [1.29, 1.82) is 0 Å². The van der Waals surface area contributed by atoms with Crippen LogP contribution in [0.15, 0.2) is 24.4 Å². The third-order valence-corrected chi connectivity index (χ3v) is 6.14. The SMILES string of the molecule is COc1ccc2[nH]cc([C@H](C(=O)O)N3CCN(CC(=O)NC[C@H]4CCCO4)CC3)c2c1. The second-order valence-corrected chi connectivity index (χ2v) is 8.15. The van der Waals surface area contributed by atoms with Crippen LogP contribution in [0.4, 0.5) is 0 Å². The minimum absolute atomic E-state index is 0.0116. The largest absolute Gasteiger partial charge is 0.497 e. The van der Waals surface area contributed by atoms with Gasteiger partial charge in [0, 0.05) is 62.0 Å². The summed E-state index contributed by atoms with van der Waals surface area (Å²) in [6.45, 7) is 4.09. The molecule has 3 heterocycles. The number of fused-ring (bicyclic) bond motifs is 1. The first-order valence-corrected chi connectivity index (χ1v) is 10.8. The lowest BCUT2D eigenvalue weighted by Gasteiger charge is -2.37. The molecular formula is C22H30N4O5. The van der Waals surface area contributed by atoms with Crippen molar-refractivity contribution in [1.82, 2.24) is 20.1 Å². The molecule has 2 aliphatic heterocycles. The molecule has 0 radical (unpaired) electrons. The van der Waals surface area contributed by atoms with Gasteiger partial charge in [-0.25, -0.2) is 0 Å². The van der Waals surface area contributed by atoms with Gasteiger partial charge in [0.2, 0.25) is 5.91 Å². The van der Waals surface area contributed by atoms with Crippen LogP contribution in [0.25, 0.3) is 10.9 Å². The maximum atomic E-state index is 12.3. The summed E-state index contributed by atoms with van der Waals surface area (Å²) in [7, 11) is 1.60. The third-order valence-electron chi connectivity index (χ3n) is 6.14. The van der Waals surface area contributed by atoms with Crippen molar-refractivity contribution in [3.63, 3.8) is 0 Å². The number of hydrogen-bond acceptors (Lipinski definition) is 6. The van der Waals surface area contributed by atoms with Crippen LogP contribution < -0.4 is 10.1 Å². The summed E-state index contributed by atoms with van der Waals surface area (Å²) in [5.74, 6) is -0.203. The van der Waals surface area contributed by atoms with E-state index >= 15 is 0 Å². The molecule has 2 aromatic rings. The van der Waals surface area contributed by atoms with Crippen LogP contribution in [0, 0.1) is 0 Å². The molecule has 1 aromatic carbocycles. The predicted octanol–water partition coefficient (Wildman–Crippen LogP) is 1.22. The average Bonchev–Trinajstić information content (AvgIpc) is 3.43. The number of carboxylic acids is 1. The molecule has 168 valence electrons. The van der Waals surface area contributed by atoms with E-state index in [9.17, 15) is 14.7 Å². The quantitative estimate of drug-likeness (QED) is 0.578. The number of amides is 1. The molecule has 2 atom stereocenters. The lowest BCUT2D eigenvalue weighted by Crippen LogP contribution is -2.51. The van der Waals surface area contributed by atoms with Gasteiger partial charge in [0.25, 0.3) is 0 Å². The van der Waals surface area contributed by atoms with E-state index in [0.29, 0.717) is 45.0 Å². The van der Waals surface area contributed by atoms with Crippen molar-refractivity contribution in [3.05, 3.63) is 30.0 Å². The number of nitrogens with zero attached hydrogens (tertiary/aromatic N) is 2. The zero-order valence-electron chi connectivity index (χ0n) is 17.8. The molecule has 2 saturated heterocycles. The van der Waals surface area contributed by atoms with Crippen LogP contribution in [0.3, 0.4) is 0 Å². The molecule has 0 aliphatic carbocycles. The van der Waals surface area contributed by atoms with Crippen LogP contribution >= 0.6 is 0 Å². The van der Waals surface area contributed by atoms with E-state index in [-0.39, 0.29) is 12.0 Å². The molecule has 3 N–H and O–H groups in total. The van der Waals surface area contributed by atoms with Crippen molar-refractivity contribution >= 4 is 22.8 Å². The molecule has 1 amide bonds. The highest BCUT2D eigenvalue weighted by atomic mass is 16.5. The highest BCUT2D eigenvalue weighted by Crippen LogP contribution is 2.31. The lowest BCUT2D eigenvalue weighted by molar-refractivity contribution is -0.144. The number of nitrogens with one attached hydrogen (secondary N) is 2. The molecule has 31 heavy (non-hydrogen) atoms. The Bertz CT molecular complexity index is 916. The number of benzene rings is 1. The molecule has 2 fully saturated rings. The summed E-state index contributed by atoms with van der Waals surface area (Å²) in [6, 6.07) is 4.85. The number of piperazine rings is 1. The number of hydrogen-bond donors (Lipinski definition) is 3. The summed E-state index contributed by atoms with van der Waals surface area (Å²) in [5, 5.41) is 13.8. The summed E-state index contributed by atoms with van der Waals surface area (Å²) in [5.41, 5.74) is 1.60. The Kier molecular flexibility index (Phi) is 6.74. The first-order valence-electron chi connectivity index (χ1n) is 10.8. The van der Waals surface area contributed by atoms with E-state index in [4.69, 9.17) is 9.47 Å². The normalized spacial score (nSPS) is 21.3. The van der Waals surface area contributed by atoms with Crippen LogP contribution in [-0.4, -0.2) is 90.9 Å². The Morgan fingerprint density at radius 3 is 2.81 bits per heavy atom. The van der Waals surface area contributed by atoms with E-state index in [0.717, 1.165) is 35.9 Å². The van der Waals surface area contributed by atoms with Gasteiger partial charge in [0.15, 0.2) is 0 Å². The molecule has 9 heteroatoms. The molecule has 0 bridgehead atoms. The summed E-state index contributed by atoms with van der Waals surface area (Å²) >= 11 is 0. The standard InChI is InChI=1S/C22H30N4O5/c1-30-15-4-5-19-17(11-15)18(13-23-19)21(22(28)29)26-8-6-25(7-9-26)14-20(27)24-12-16-3-2-10-31-16/h4-5,11,13,16,21,23H,2-3,6-10,12,14H2,1H3,(H,24,27)(H,28,29)/t16-,21-/m1/s1. The van der Waals surface area contributed by atoms with Gasteiger partial charge in [-0.15, -0.1) is 0 Å². The van der Waals surface area contributed by atoms with Crippen molar-refractivity contribution in [2.24, 2.45) is 0 Å². The topological polar surface area (TPSA) is 107 Å². The number of ether oxygens (including phenoxy) is 2. The monoisotopic (exact) mass is 430 g/mol. The zero-order valence-corrected chi connectivity index (χ0v) is 17.8. The Hall–Kier alpha value is -2.62. The Labute approximate surface area is 181 Å². The van der Waals surface area contributed by atoms with Crippen LogP contribution in [-0.2, 0) is 14.3 Å². The molecular weight excluding hydrogens is 400 g/mol. The number of aromatic amines is 1. The van der Waals surface area contributed by atoms with Gasteiger partial charge < -0.3 is 24.9 Å². The minimum Gasteiger partial charge on any atom is -0.497 e.